The minimum Gasteiger partial charge on any atom is -0.399 e. The molecule has 0 saturated heterocycles. The van der Waals surface area contributed by atoms with Crippen molar-refractivity contribution in [3.63, 3.8) is 0 Å². The van der Waals surface area contributed by atoms with Gasteiger partial charge in [-0.1, -0.05) is 0 Å². The Morgan fingerprint density at radius 3 is 2.68 bits per heavy atom. The standard InChI is InChI=1S/C12H19FN2O2S2/c1-9(6-7-18-3)15(2)19(16,17)12-8-10(14)4-5-11(12)13/h4-5,8-9H,6-7,14H2,1-3H3. The van der Waals surface area contributed by atoms with Crippen LogP contribution in [0.4, 0.5) is 10.1 Å². The van der Waals surface area contributed by atoms with Gasteiger partial charge in [0.25, 0.3) is 0 Å². The molecule has 1 aromatic carbocycles. The van der Waals surface area contributed by atoms with Crippen molar-refractivity contribution in [2.45, 2.75) is 24.3 Å². The highest BCUT2D eigenvalue weighted by molar-refractivity contribution is 7.98. The predicted octanol–water partition coefficient (Wildman–Crippen LogP) is 2.17. The van der Waals surface area contributed by atoms with Crippen molar-refractivity contribution in [2.24, 2.45) is 0 Å². The lowest BCUT2D eigenvalue weighted by Gasteiger charge is -2.24. The van der Waals surface area contributed by atoms with Crippen LogP contribution in [0.2, 0.25) is 0 Å². The Balaban J connectivity index is 3.06. The first-order valence-electron chi connectivity index (χ1n) is 5.82. The summed E-state index contributed by atoms with van der Waals surface area (Å²) in [7, 11) is -2.39. The van der Waals surface area contributed by atoms with Crippen LogP contribution >= 0.6 is 11.8 Å². The van der Waals surface area contributed by atoms with Gasteiger partial charge in [-0.3, -0.25) is 0 Å². The van der Waals surface area contributed by atoms with Gasteiger partial charge in [0.2, 0.25) is 10.0 Å². The molecule has 19 heavy (non-hydrogen) atoms. The summed E-state index contributed by atoms with van der Waals surface area (Å²) in [5.41, 5.74) is 5.75. The first kappa shape index (κ1) is 16.3. The summed E-state index contributed by atoms with van der Waals surface area (Å²) in [5, 5.41) is 0. The number of hydrogen-bond donors (Lipinski definition) is 1. The fraction of sp³-hybridized carbons (Fsp3) is 0.500. The number of thioether (sulfide) groups is 1. The maximum absolute atomic E-state index is 13.7. The van der Waals surface area contributed by atoms with Crippen LogP contribution in [0.1, 0.15) is 13.3 Å². The van der Waals surface area contributed by atoms with E-state index in [1.165, 1.54) is 17.4 Å². The molecule has 0 amide bonds. The fourth-order valence-corrected chi connectivity index (χ4v) is 3.65. The fourth-order valence-electron chi connectivity index (χ4n) is 1.58. The first-order chi connectivity index (χ1) is 8.80. The van der Waals surface area contributed by atoms with Crippen molar-refractivity contribution in [2.75, 3.05) is 24.8 Å². The van der Waals surface area contributed by atoms with Gasteiger partial charge >= 0.3 is 0 Å². The molecule has 1 atom stereocenters. The van der Waals surface area contributed by atoms with E-state index in [9.17, 15) is 12.8 Å². The Kier molecular flexibility index (Phi) is 5.64. The zero-order valence-corrected chi connectivity index (χ0v) is 12.9. The van der Waals surface area contributed by atoms with Crippen LogP contribution in [-0.4, -0.2) is 37.8 Å². The molecule has 0 fully saturated rings. The van der Waals surface area contributed by atoms with E-state index >= 15 is 0 Å². The van der Waals surface area contributed by atoms with Crippen molar-refractivity contribution >= 4 is 27.5 Å². The van der Waals surface area contributed by atoms with E-state index in [0.29, 0.717) is 6.42 Å². The number of nitrogens with zero attached hydrogens (tertiary/aromatic N) is 1. The van der Waals surface area contributed by atoms with Crippen molar-refractivity contribution in [3.8, 4) is 0 Å². The third-order valence-electron chi connectivity index (χ3n) is 2.97. The molecule has 0 bridgehead atoms. The lowest BCUT2D eigenvalue weighted by molar-refractivity contribution is 0.380. The number of anilines is 1. The Bertz CT molecular complexity index is 535. The summed E-state index contributed by atoms with van der Waals surface area (Å²) in [5.74, 6) is 0.0681. The van der Waals surface area contributed by atoms with Crippen LogP contribution < -0.4 is 5.73 Å². The SMILES string of the molecule is CSCCC(C)N(C)S(=O)(=O)c1cc(N)ccc1F. The van der Waals surface area contributed by atoms with Crippen LogP contribution in [-0.2, 0) is 10.0 Å². The highest BCUT2D eigenvalue weighted by Gasteiger charge is 2.28. The van der Waals surface area contributed by atoms with Gasteiger partial charge in [0.15, 0.2) is 0 Å². The Morgan fingerprint density at radius 2 is 2.11 bits per heavy atom. The Hall–Kier alpha value is -0.790. The third kappa shape index (κ3) is 3.84. The molecule has 1 rings (SSSR count). The van der Waals surface area contributed by atoms with Gasteiger partial charge in [-0.05, 0) is 43.6 Å². The van der Waals surface area contributed by atoms with Crippen molar-refractivity contribution in [1.29, 1.82) is 0 Å². The molecule has 4 nitrogen and oxygen atoms in total. The van der Waals surface area contributed by atoms with E-state index in [2.05, 4.69) is 0 Å². The van der Waals surface area contributed by atoms with E-state index in [4.69, 9.17) is 5.73 Å². The van der Waals surface area contributed by atoms with Gasteiger partial charge in [0.05, 0.1) is 0 Å². The summed E-state index contributed by atoms with van der Waals surface area (Å²) < 4.78 is 39.5. The second-order valence-corrected chi connectivity index (χ2v) is 7.29. The van der Waals surface area contributed by atoms with Gasteiger partial charge < -0.3 is 5.73 Å². The number of hydrogen-bond acceptors (Lipinski definition) is 4. The largest absolute Gasteiger partial charge is 0.399 e. The molecule has 7 heteroatoms. The predicted molar refractivity (Wildman–Crippen MR) is 78.2 cm³/mol. The molecule has 0 aliphatic rings. The molecule has 2 N–H and O–H groups in total. The molecule has 0 saturated carbocycles. The summed E-state index contributed by atoms with van der Waals surface area (Å²) >= 11 is 1.64. The van der Waals surface area contributed by atoms with Crippen molar-refractivity contribution < 1.29 is 12.8 Å². The molecule has 0 heterocycles. The van der Waals surface area contributed by atoms with E-state index in [1.54, 1.807) is 18.7 Å². The molecule has 0 aliphatic carbocycles. The molecular formula is C12H19FN2O2S2. The van der Waals surface area contributed by atoms with E-state index < -0.39 is 15.8 Å². The number of nitrogen functional groups attached to an aromatic ring is 1. The van der Waals surface area contributed by atoms with E-state index in [0.717, 1.165) is 17.9 Å². The van der Waals surface area contributed by atoms with Crippen molar-refractivity contribution in [3.05, 3.63) is 24.0 Å². The van der Waals surface area contributed by atoms with E-state index in [1.807, 2.05) is 6.26 Å². The number of rotatable bonds is 6. The van der Waals surface area contributed by atoms with Gasteiger partial charge in [0.1, 0.15) is 10.7 Å². The van der Waals surface area contributed by atoms with Gasteiger partial charge in [0, 0.05) is 18.8 Å². The van der Waals surface area contributed by atoms with Crippen LogP contribution in [0.25, 0.3) is 0 Å². The van der Waals surface area contributed by atoms with Crippen LogP contribution in [0.15, 0.2) is 23.1 Å². The monoisotopic (exact) mass is 306 g/mol. The topological polar surface area (TPSA) is 63.4 Å². The second-order valence-electron chi connectivity index (χ2n) is 4.34. The maximum atomic E-state index is 13.7. The highest BCUT2D eigenvalue weighted by Crippen LogP contribution is 2.23. The minimum absolute atomic E-state index is 0.196. The van der Waals surface area contributed by atoms with Crippen LogP contribution in [0.5, 0.6) is 0 Å². The zero-order valence-electron chi connectivity index (χ0n) is 11.3. The lowest BCUT2D eigenvalue weighted by atomic mass is 10.3. The number of benzene rings is 1. The molecule has 0 aliphatic heterocycles. The van der Waals surface area contributed by atoms with Gasteiger partial charge in [-0.15, -0.1) is 0 Å². The lowest BCUT2D eigenvalue weighted by Crippen LogP contribution is -2.36. The molecule has 1 unspecified atom stereocenters. The average molecular weight is 306 g/mol. The quantitative estimate of drug-likeness (QED) is 0.818. The molecule has 1 aromatic rings. The molecule has 108 valence electrons. The molecule has 0 spiro atoms. The average Bonchev–Trinajstić information content (AvgIpc) is 2.37. The summed E-state index contributed by atoms with van der Waals surface area (Å²) in [6.07, 6.45) is 2.67. The summed E-state index contributed by atoms with van der Waals surface area (Å²) in [6.45, 7) is 1.80. The smallest absolute Gasteiger partial charge is 0.246 e. The molecular weight excluding hydrogens is 287 g/mol. The first-order valence-corrected chi connectivity index (χ1v) is 8.66. The number of nitrogens with two attached hydrogens (primary N) is 1. The van der Waals surface area contributed by atoms with Crippen molar-refractivity contribution in [1.82, 2.24) is 4.31 Å². The molecule has 0 aromatic heterocycles. The normalized spacial score (nSPS) is 13.7. The summed E-state index contributed by atoms with van der Waals surface area (Å²) in [4.78, 5) is -0.369. The second kappa shape index (κ2) is 6.58. The molecule has 0 radical (unpaired) electrons. The van der Waals surface area contributed by atoms with Crippen LogP contribution in [0.3, 0.4) is 0 Å². The number of sulfonamides is 1. The third-order valence-corrected chi connectivity index (χ3v) is 5.60. The Labute approximate surface area is 118 Å². The minimum atomic E-state index is -3.85. The zero-order chi connectivity index (χ0) is 14.6. The van der Waals surface area contributed by atoms with Gasteiger partial charge in [-0.2, -0.15) is 16.1 Å². The van der Waals surface area contributed by atoms with E-state index in [-0.39, 0.29) is 16.6 Å². The number of halogens is 1. The van der Waals surface area contributed by atoms with Crippen LogP contribution in [0, 0.1) is 5.82 Å². The maximum Gasteiger partial charge on any atom is 0.246 e. The summed E-state index contributed by atoms with van der Waals surface area (Å²) in [6, 6.07) is 3.37. The highest BCUT2D eigenvalue weighted by atomic mass is 32.2. The van der Waals surface area contributed by atoms with Gasteiger partial charge in [-0.25, -0.2) is 12.8 Å². The Morgan fingerprint density at radius 1 is 1.47 bits per heavy atom.